The molecule has 3 amide bonds. The molecule has 0 saturated carbocycles. The molecule has 1 aliphatic rings. The van der Waals surface area contributed by atoms with Crippen LogP contribution in [-0.2, 0) is 14.3 Å². The monoisotopic (exact) mass is 530 g/mol. The van der Waals surface area contributed by atoms with E-state index in [1.165, 1.54) is 0 Å². The molecule has 1 heterocycles. The summed E-state index contributed by atoms with van der Waals surface area (Å²) in [7, 11) is 0. The predicted molar refractivity (Wildman–Crippen MR) is 126 cm³/mol. The van der Waals surface area contributed by atoms with E-state index >= 15 is 0 Å². The van der Waals surface area contributed by atoms with Crippen LogP contribution in [0, 0.1) is 12.8 Å². The lowest BCUT2D eigenvalue weighted by molar-refractivity contribution is -0.152. The molecule has 11 heteroatoms. The number of hydrogen-bond donors (Lipinski definition) is 1. The SMILES string of the molecule is Cc1ccc(NC(=O)COC(=O)[C@@H](C(C)C)N2C(=O)c3c(Cl)c(Cl)c(Cl)c(Cl)c3C2=O)cc1. The highest BCUT2D eigenvalue weighted by molar-refractivity contribution is 6.55. The third kappa shape index (κ3) is 4.82. The van der Waals surface area contributed by atoms with Crippen molar-refractivity contribution in [1.82, 2.24) is 4.90 Å². The number of hydrogen-bond acceptors (Lipinski definition) is 5. The second kappa shape index (κ2) is 9.89. The molecule has 0 spiro atoms. The zero-order chi connectivity index (χ0) is 24.6. The molecule has 0 unspecified atom stereocenters. The summed E-state index contributed by atoms with van der Waals surface area (Å²) in [6.45, 7) is 4.52. The van der Waals surface area contributed by atoms with E-state index in [1.807, 2.05) is 19.1 Å². The summed E-state index contributed by atoms with van der Waals surface area (Å²) in [5.41, 5.74) is 1.07. The molecule has 0 aliphatic carbocycles. The minimum atomic E-state index is -1.34. The number of imide groups is 1. The van der Waals surface area contributed by atoms with Gasteiger partial charge in [0.15, 0.2) is 6.61 Å². The molecular weight excluding hydrogens is 514 g/mol. The number of esters is 1. The van der Waals surface area contributed by atoms with Crippen LogP contribution in [0.1, 0.15) is 40.1 Å². The normalized spacial score (nSPS) is 13.9. The second-order valence-electron chi connectivity index (χ2n) is 7.70. The van der Waals surface area contributed by atoms with E-state index in [-0.39, 0.29) is 31.2 Å². The van der Waals surface area contributed by atoms with Crippen molar-refractivity contribution in [3.05, 3.63) is 61.0 Å². The molecule has 33 heavy (non-hydrogen) atoms. The molecule has 3 rings (SSSR count). The second-order valence-corrected chi connectivity index (χ2v) is 9.21. The number of ether oxygens (including phenoxy) is 1. The Morgan fingerprint density at radius 3 is 1.85 bits per heavy atom. The van der Waals surface area contributed by atoms with Crippen LogP contribution < -0.4 is 5.32 Å². The molecule has 2 aromatic rings. The van der Waals surface area contributed by atoms with Gasteiger partial charge in [-0.15, -0.1) is 0 Å². The zero-order valence-corrected chi connectivity index (χ0v) is 20.7. The van der Waals surface area contributed by atoms with Crippen LogP contribution in [0.15, 0.2) is 24.3 Å². The number of carbonyl (C=O) groups is 4. The number of aryl methyl sites for hydroxylation is 1. The largest absolute Gasteiger partial charge is 0.454 e. The van der Waals surface area contributed by atoms with E-state index in [0.29, 0.717) is 10.6 Å². The number of halogens is 4. The van der Waals surface area contributed by atoms with E-state index in [9.17, 15) is 19.2 Å². The van der Waals surface area contributed by atoms with Crippen molar-refractivity contribution in [2.75, 3.05) is 11.9 Å². The van der Waals surface area contributed by atoms with Gasteiger partial charge in [0.25, 0.3) is 17.7 Å². The summed E-state index contributed by atoms with van der Waals surface area (Å²) < 4.78 is 5.12. The quantitative estimate of drug-likeness (QED) is 0.233. The average molecular weight is 532 g/mol. The molecule has 1 aliphatic heterocycles. The Kier molecular flexibility index (Phi) is 7.59. The van der Waals surface area contributed by atoms with Crippen LogP contribution in [0.3, 0.4) is 0 Å². The molecule has 0 bridgehead atoms. The number of anilines is 1. The van der Waals surface area contributed by atoms with E-state index < -0.39 is 42.3 Å². The van der Waals surface area contributed by atoms with Crippen LogP contribution in [0.5, 0.6) is 0 Å². The Morgan fingerprint density at radius 1 is 0.909 bits per heavy atom. The Balaban J connectivity index is 1.80. The molecule has 0 fully saturated rings. The topological polar surface area (TPSA) is 92.8 Å². The third-order valence-electron chi connectivity index (χ3n) is 4.96. The van der Waals surface area contributed by atoms with Crippen LogP contribution in [0.25, 0.3) is 0 Å². The fourth-order valence-corrected chi connectivity index (χ4v) is 4.37. The van der Waals surface area contributed by atoms with Gasteiger partial charge in [0.05, 0.1) is 31.2 Å². The maximum absolute atomic E-state index is 13.1. The Bertz CT molecular complexity index is 1120. The molecule has 1 N–H and O–H groups in total. The summed E-state index contributed by atoms with van der Waals surface area (Å²) in [4.78, 5) is 51.9. The number of rotatable bonds is 6. The van der Waals surface area contributed by atoms with Gasteiger partial charge in [0.1, 0.15) is 6.04 Å². The minimum absolute atomic E-state index is 0.179. The maximum atomic E-state index is 13.1. The number of nitrogens with zero attached hydrogens (tertiary/aromatic N) is 1. The standard InChI is InChI=1S/C22H18Cl4N2O5/c1-9(2)19(22(32)33-8-12(29)27-11-6-4-10(3)5-7-11)28-20(30)13-14(21(28)31)16(24)18(26)17(25)15(13)23/h4-7,9,19H,8H2,1-3H3,(H,27,29)/t19-/m1/s1. The first-order chi connectivity index (χ1) is 15.5. The first kappa shape index (κ1) is 25.3. The minimum Gasteiger partial charge on any atom is -0.454 e. The highest BCUT2D eigenvalue weighted by atomic mass is 35.5. The smallest absolute Gasteiger partial charge is 0.330 e. The predicted octanol–water partition coefficient (Wildman–Crippen LogP) is 5.41. The van der Waals surface area contributed by atoms with E-state index in [1.54, 1.807) is 26.0 Å². The van der Waals surface area contributed by atoms with Gasteiger partial charge in [0, 0.05) is 5.69 Å². The molecule has 7 nitrogen and oxygen atoms in total. The molecular formula is C22H18Cl4N2O5. The van der Waals surface area contributed by atoms with Gasteiger partial charge in [-0.25, -0.2) is 4.79 Å². The molecule has 174 valence electrons. The number of amides is 3. The van der Waals surface area contributed by atoms with Gasteiger partial charge < -0.3 is 10.1 Å². The van der Waals surface area contributed by atoms with Crippen molar-refractivity contribution in [3.63, 3.8) is 0 Å². The molecule has 0 saturated heterocycles. The van der Waals surface area contributed by atoms with Crippen molar-refractivity contribution in [2.45, 2.75) is 26.8 Å². The van der Waals surface area contributed by atoms with E-state index in [0.717, 1.165) is 5.56 Å². The van der Waals surface area contributed by atoms with Gasteiger partial charge in [0.2, 0.25) is 0 Å². The molecule has 2 aromatic carbocycles. The highest BCUT2D eigenvalue weighted by Gasteiger charge is 2.48. The van der Waals surface area contributed by atoms with Gasteiger partial charge >= 0.3 is 5.97 Å². The van der Waals surface area contributed by atoms with Crippen LogP contribution in [0.4, 0.5) is 5.69 Å². The fraction of sp³-hybridized carbons (Fsp3) is 0.273. The summed E-state index contributed by atoms with van der Waals surface area (Å²) >= 11 is 24.4. The highest BCUT2D eigenvalue weighted by Crippen LogP contribution is 2.45. The maximum Gasteiger partial charge on any atom is 0.330 e. The Hall–Kier alpha value is -2.32. The lowest BCUT2D eigenvalue weighted by Gasteiger charge is -2.27. The van der Waals surface area contributed by atoms with Crippen LogP contribution >= 0.6 is 46.4 Å². The Labute approximate surface area is 209 Å². The van der Waals surface area contributed by atoms with Crippen molar-refractivity contribution in [3.8, 4) is 0 Å². The number of benzene rings is 2. The molecule has 1 atom stereocenters. The number of fused-ring (bicyclic) bond motifs is 1. The first-order valence-electron chi connectivity index (χ1n) is 9.72. The summed E-state index contributed by atoms with van der Waals surface area (Å²) in [6, 6.07) is 5.69. The number of nitrogens with one attached hydrogen (secondary N) is 1. The van der Waals surface area contributed by atoms with E-state index in [4.69, 9.17) is 51.1 Å². The summed E-state index contributed by atoms with van der Waals surface area (Å²) in [5.74, 6) is -3.80. The van der Waals surface area contributed by atoms with Crippen molar-refractivity contribution in [1.29, 1.82) is 0 Å². The third-order valence-corrected chi connectivity index (χ3v) is 6.77. The summed E-state index contributed by atoms with van der Waals surface area (Å²) in [5, 5.41) is 1.75. The first-order valence-corrected chi connectivity index (χ1v) is 11.2. The van der Waals surface area contributed by atoms with Crippen LogP contribution in [-0.4, -0.2) is 41.2 Å². The molecule has 0 radical (unpaired) electrons. The van der Waals surface area contributed by atoms with Gasteiger partial charge in [-0.1, -0.05) is 77.9 Å². The lowest BCUT2D eigenvalue weighted by atomic mass is 10.0. The van der Waals surface area contributed by atoms with Gasteiger partial charge in [-0.2, -0.15) is 0 Å². The van der Waals surface area contributed by atoms with E-state index in [2.05, 4.69) is 5.32 Å². The van der Waals surface area contributed by atoms with Crippen molar-refractivity contribution < 1.29 is 23.9 Å². The average Bonchev–Trinajstić information content (AvgIpc) is 3.01. The lowest BCUT2D eigenvalue weighted by Crippen LogP contribution is -2.49. The number of carbonyl (C=O) groups excluding carboxylic acids is 4. The molecule has 0 aromatic heterocycles. The fourth-order valence-electron chi connectivity index (χ4n) is 3.35. The van der Waals surface area contributed by atoms with Gasteiger partial charge in [-0.3, -0.25) is 19.3 Å². The van der Waals surface area contributed by atoms with Gasteiger partial charge in [-0.05, 0) is 25.0 Å². The Morgan fingerprint density at radius 2 is 1.39 bits per heavy atom. The zero-order valence-electron chi connectivity index (χ0n) is 17.7. The van der Waals surface area contributed by atoms with Crippen LogP contribution in [0.2, 0.25) is 20.1 Å². The van der Waals surface area contributed by atoms with Crippen molar-refractivity contribution >= 4 is 75.8 Å². The van der Waals surface area contributed by atoms with Crippen molar-refractivity contribution in [2.24, 2.45) is 5.92 Å². The summed E-state index contributed by atoms with van der Waals surface area (Å²) in [6.07, 6.45) is 0.